The Labute approximate surface area is 99.5 Å². The van der Waals surface area contributed by atoms with Crippen LogP contribution in [0.1, 0.15) is 5.56 Å². The van der Waals surface area contributed by atoms with Crippen LogP contribution in [-0.4, -0.2) is 9.38 Å². The maximum atomic E-state index is 5.78. The maximum Gasteiger partial charge on any atom is 0.137 e. The van der Waals surface area contributed by atoms with Crippen molar-refractivity contribution >= 4 is 5.65 Å². The molecule has 0 saturated heterocycles. The number of aromatic nitrogens is 2. The number of benzene rings is 1. The van der Waals surface area contributed by atoms with Crippen LogP contribution in [-0.2, 0) is 6.54 Å². The molecule has 3 nitrogen and oxygen atoms in total. The molecule has 0 aliphatic carbocycles. The molecule has 17 heavy (non-hydrogen) atoms. The first kappa shape index (κ1) is 10.1. The van der Waals surface area contributed by atoms with E-state index in [1.165, 1.54) is 5.56 Å². The van der Waals surface area contributed by atoms with Crippen molar-refractivity contribution in [2.24, 2.45) is 5.73 Å². The lowest BCUT2D eigenvalue weighted by Gasteiger charge is -2.09. The van der Waals surface area contributed by atoms with Gasteiger partial charge in [-0.05, 0) is 17.7 Å². The van der Waals surface area contributed by atoms with Gasteiger partial charge in [-0.1, -0.05) is 30.3 Å². The smallest absolute Gasteiger partial charge is 0.137 e. The van der Waals surface area contributed by atoms with E-state index < -0.39 is 0 Å². The molecule has 1 aromatic carbocycles. The van der Waals surface area contributed by atoms with Gasteiger partial charge in [-0.2, -0.15) is 0 Å². The van der Waals surface area contributed by atoms with Crippen LogP contribution in [0.15, 0.2) is 54.9 Å². The number of imidazole rings is 1. The summed E-state index contributed by atoms with van der Waals surface area (Å²) in [5.41, 5.74) is 10.2. The van der Waals surface area contributed by atoms with Gasteiger partial charge in [0.05, 0.1) is 5.69 Å². The van der Waals surface area contributed by atoms with Gasteiger partial charge in [0.2, 0.25) is 0 Å². The summed E-state index contributed by atoms with van der Waals surface area (Å²) in [6.45, 7) is 0.543. The van der Waals surface area contributed by atoms with Crippen LogP contribution in [0.4, 0.5) is 0 Å². The Hall–Kier alpha value is -2.13. The number of rotatable bonds is 2. The average molecular weight is 223 g/mol. The van der Waals surface area contributed by atoms with Crippen LogP contribution in [0.5, 0.6) is 0 Å². The van der Waals surface area contributed by atoms with E-state index in [1.54, 1.807) is 0 Å². The number of nitrogens with zero attached hydrogens (tertiary/aromatic N) is 2. The summed E-state index contributed by atoms with van der Waals surface area (Å²) in [5.74, 6) is 0. The molecule has 2 heterocycles. The summed E-state index contributed by atoms with van der Waals surface area (Å²) >= 11 is 0. The number of pyridine rings is 1. The Morgan fingerprint density at radius 3 is 2.82 bits per heavy atom. The molecule has 2 N–H and O–H groups in total. The zero-order chi connectivity index (χ0) is 11.7. The second-order valence-electron chi connectivity index (χ2n) is 3.93. The van der Waals surface area contributed by atoms with Crippen LogP contribution in [0.2, 0.25) is 0 Å². The average Bonchev–Trinajstić information content (AvgIpc) is 2.86. The van der Waals surface area contributed by atoms with E-state index in [-0.39, 0.29) is 0 Å². The van der Waals surface area contributed by atoms with Gasteiger partial charge in [-0.15, -0.1) is 0 Å². The second-order valence-corrected chi connectivity index (χ2v) is 3.93. The zero-order valence-electron chi connectivity index (χ0n) is 9.38. The highest BCUT2D eigenvalue weighted by Crippen LogP contribution is 2.24. The number of nitrogens with two attached hydrogens (primary N) is 1. The Morgan fingerprint density at radius 2 is 1.94 bits per heavy atom. The van der Waals surface area contributed by atoms with Gasteiger partial charge in [0, 0.05) is 24.5 Å². The van der Waals surface area contributed by atoms with Crippen LogP contribution < -0.4 is 5.73 Å². The van der Waals surface area contributed by atoms with Crippen molar-refractivity contribution < 1.29 is 0 Å². The van der Waals surface area contributed by atoms with Crippen LogP contribution in [0.25, 0.3) is 16.9 Å². The highest BCUT2D eigenvalue weighted by molar-refractivity contribution is 5.67. The van der Waals surface area contributed by atoms with E-state index in [9.17, 15) is 0 Å². The molecule has 3 aromatic rings. The molecule has 0 spiro atoms. The molecule has 2 aromatic heterocycles. The third kappa shape index (κ3) is 1.61. The third-order valence-corrected chi connectivity index (χ3v) is 2.94. The van der Waals surface area contributed by atoms with Crippen LogP contribution in [0, 0.1) is 0 Å². The van der Waals surface area contributed by atoms with E-state index in [1.807, 2.05) is 36.7 Å². The lowest BCUT2D eigenvalue weighted by molar-refractivity contribution is 1.06. The lowest BCUT2D eigenvalue weighted by atomic mass is 10.0. The molecular formula is C14H13N3. The van der Waals surface area contributed by atoms with Crippen LogP contribution in [0.3, 0.4) is 0 Å². The van der Waals surface area contributed by atoms with Crippen molar-refractivity contribution in [3.63, 3.8) is 0 Å². The molecule has 84 valence electrons. The first-order valence-electron chi connectivity index (χ1n) is 5.60. The van der Waals surface area contributed by atoms with E-state index in [4.69, 9.17) is 5.73 Å². The van der Waals surface area contributed by atoms with Crippen molar-refractivity contribution in [2.45, 2.75) is 6.54 Å². The summed E-state index contributed by atoms with van der Waals surface area (Å²) in [6.07, 6.45) is 3.78. The summed E-state index contributed by atoms with van der Waals surface area (Å²) in [4.78, 5) is 4.29. The topological polar surface area (TPSA) is 43.3 Å². The van der Waals surface area contributed by atoms with Gasteiger partial charge < -0.3 is 5.73 Å². The standard InChI is InChI=1S/C14H13N3/c15-10-11-4-1-2-5-12(11)13-6-3-7-14-16-8-9-17(13)14/h1-9H,10,15H2. The first-order valence-corrected chi connectivity index (χ1v) is 5.60. The molecule has 0 radical (unpaired) electrons. The van der Waals surface area contributed by atoms with Gasteiger partial charge in [-0.25, -0.2) is 4.98 Å². The van der Waals surface area contributed by atoms with Gasteiger partial charge in [0.1, 0.15) is 5.65 Å². The van der Waals surface area contributed by atoms with Gasteiger partial charge in [0.25, 0.3) is 0 Å². The highest BCUT2D eigenvalue weighted by atomic mass is 15.0. The molecule has 0 fully saturated rings. The Balaban J connectivity index is 2.30. The number of fused-ring (bicyclic) bond motifs is 1. The lowest BCUT2D eigenvalue weighted by Crippen LogP contribution is -2.00. The fourth-order valence-electron chi connectivity index (χ4n) is 2.12. The monoisotopic (exact) mass is 223 g/mol. The predicted molar refractivity (Wildman–Crippen MR) is 68.5 cm³/mol. The minimum atomic E-state index is 0.543. The minimum absolute atomic E-state index is 0.543. The zero-order valence-corrected chi connectivity index (χ0v) is 9.38. The van der Waals surface area contributed by atoms with Crippen molar-refractivity contribution in [3.05, 3.63) is 60.4 Å². The fraction of sp³-hybridized carbons (Fsp3) is 0.0714. The van der Waals surface area contributed by atoms with Crippen molar-refractivity contribution in [1.82, 2.24) is 9.38 Å². The molecule has 0 aliphatic rings. The molecular weight excluding hydrogens is 210 g/mol. The molecule has 0 saturated carbocycles. The molecule has 0 atom stereocenters. The van der Waals surface area contributed by atoms with Gasteiger partial charge in [-0.3, -0.25) is 4.40 Å². The minimum Gasteiger partial charge on any atom is -0.326 e. The molecule has 0 aliphatic heterocycles. The molecule has 3 rings (SSSR count). The second kappa shape index (κ2) is 4.03. The third-order valence-electron chi connectivity index (χ3n) is 2.94. The Bertz CT molecular complexity index is 655. The molecule has 3 heteroatoms. The normalized spacial score (nSPS) is 10.9. The quantitative estimate of drug-likeness (QED) is 0.725. The van der Waals surface area contributed by atoms with E-state index in [0.717, 1.165) is 16.9 Å². The van der Waals surface area contributed by atoms with Crippen molar-refractivity contribution in [3.8, 4) is 11.3 Å². The van der Waals surface area contributed by atoms with Crippen LogP contribution >= 0.6 is 0 Å². The fourth-order valence-corrected chi connectivity index (χ4v) is 2.12. The number of hydrogen-bond acceptors (Lipinski definition) is 2. The van der Waals surface area contributed by atoms with Gasteiger partial charge >= 0.3 is 0 Å². The highest BCUT2D eigenvalue weighted by Gasteiger charge is 2.06. The van der Waals surface area contributed by atoms with E-state index in [2.05, 4.69) is 27.6 Å². The SMILES string of the molecule is NCc1ccccc1-c1cccc2nccn12. The Morgan fingerprint density at radius 1 is 1.06 bits per heavy atom. The molecule has 0 unspecified atom stereocenters. The summed E-state index contributed by atoms with van der Waals surface area (Å²) < 4.78 is 2.08. The largest absolute Gasteiger partial charge is 0.326 e. The molecule has 0 bridgehead atoms. The van der Waals surface area contributed by atoms with Crippen molar-refractivity contribution in [1.29, 1.82) is 0 Å². The number of hydrogen-bond donors (Lipinski definition) is 1. The van der Waals surface area contributed by atoms with E-state index >= 15 is 0 Å². The maximum absolute atomic E-state index is 5.78. The summed E-state index contributed by atoms with van der Waals surface area (Å²) in [5, 5.41) is 0. The first-order chi connectivity index (χ1) is 8.40. The van der Waals surface area contributed by atoms with Crippen molar-refractivity contribution in [2.75, 3.05) is 0 Å². The summed E-state index contributed by atoms with van der Waals surface area (Å²) in [6, 6.07) is 14.3. The molecule has 0 amide bonds. The predicted octanol–water partition coefficient (Wildman–Crippen LogP) is 2.46. The Kier molecular flexibility index (Phi) is 2.38. The summed E-state index contributed by atoms with van der Waals surface area (Å²) in [7, 11) is 0. The van der Waals surface area contributed by atoms with Gasteiger partial charge in [0.15, 0.2) is 0 Å². The van der Waals surface area contributed by atoms with E-state index in [0.29, 0.717) is 6.54 Å².